The van der Waals surface area contributed by atoms with Gasteiger partial charge < -0.3 is 19.3 Å². The molecule has 0 bridgehead atoms. The fourth-order valence-electron chi connectivity index (χ4n) is 2.91. The Labute approximate surface area is 113 Å². The second-order valence-corrected chi connectivity index (χ2v) is 5.34. The molecule has 1 spiro atoms. The summed E-state index contributed by atoms with van der Waals surface area (Å²) in [5.41, 5.74) is -0.0778. The molecule has 1 unspecified atom stereocenters. The lowest BCUT2D eigenvalue weighted by Gasteiger charge is -2.43. The summed E-state index contributed by atoms with van der Waals surface area (Å²) in [6.45, 7) is 2.25. The molecule has 2 fully saturated rings. The first-order valence-electron chi connectivity index (χ1n) is 6.94. The quantitative estimate of drug-likeness (QED) is 0.891. The Morgan fingerprint density at radius 1 is 1.16 bits per heavy atom. The predicted molar refractivity (Wildman–Crippen MR) is 70.5 cm³/mol. The van der Waals surface area contributed by atoms with Gasteiger partial charge in [-0.2, -0.15) is 0 Å². The number of phenols is 1. The van der Waals surface area contributed by atoms with Crippen LogP contribution >= 0.6 is 0 Å². The monoisotopic (exact) mass is 264 g/mol. The lowest BCUT2D eigenvalue weighted by atomic mass is 9.85. The normalized spacial score (nSPS) is 26.2. The van der Waals surface area contributed by atoms with E-state index in [1.807, 2.05) is 6.07 Å². The molecule has 2 saturated heterocycles. The number of aromatic hydroxyl groups is 1. The first-order chi connectivity index (χ1) is 9.27. The van der Waals surface area contributed by atoms with Crippen molar-refractivity contribution in [3.05, 3.63) is 24.3 Å². The fraction of sp³-hybridized carbons (Fsp3) is 0.600. The Balaban J connectivity index is 1.67. The lowest BCUT2D eigenvalue weighted by Crippen LogP contribution is -2.47. The zero-order chi connectivity index (χ0) is 13.1. The van der Waals surface area contributed by atoms with Crippen LogP contribution in [0.5, 0.6) is 11.5 Å². The molecule has 104 valence electrons. The zero-order valence-electron chi connectivity index (χ0n) is 11.0. The molecule has 4 heteroatoms. The van der Waals surface area contributed by atoms with Crippen LogP contribution < -0.4 is 4.74 Å². The lowest BCUT2D eigenvalue weighted by molar-refractivity contribution is -0.155. The van der Waals surface area contributed by atoms with E-state index in [1.165, 1.54) is 0 Å². The van der Waals surface area contributed by atoms with Gasteiger partial charge in [0.2, 0.25) is 0 Å². The van der Waals surface area contributed by atoms with Gasteiger partial charge in [0.25, 0.3) is 0 Å². The number of hydrogen-bond acceptors (Lipinski definition) is 4. The number of phenolic OH excluding ortho intramolecular Hbond substituents is 1. The molecule has 0 aromatic heterocycles. The molecular formula is C15H20O4. The van der Waals surface area contributed by atoms with Crippen molar-refractivity contribution in [3.8, 4) is 11.5 Å². The molecule has 2 heterocycles. The van der Waals surface area contributed by atoms with Gasteiger partial charge in [-0.05, 0) is 25.0 Å². The molecule has 4 nitrogen and oxygen atoms in total. The Morgan fingerprint density at radius 3 is 2.74 bits per heavy atom. The van der Waals surface area contributed by atoms with E-state index >= 15 is 0 Å². The topological polar surface area (TPSA) is 47.9 Å². The molecule has 0 saturated carbocycles. The third kappa shape index (κ3) is 2.85. The molecule has 0 aliphatic carbocycles. The minimum absolute atomic E-state index is 0.0778. The van der Waals surface area contributed by atoms with Crippen LogP contribution in [0.25, 0.3) is 0 Å². The van der Waals surface area contributed by atoms with Crippen LogP contribution in [0.4, 0.5) is 0 Å². The predicted octanol–water partition coefficient (Wildman–Crippen LogP) is 2.50. The first-order valence-corrected chi connectivity index (χ1v) is 6.94. The maximum Gasteiger partial charge on any atom is 0.161 e. The van der Waals surface area contributed by atoms with Crippen molar-refractivity contribution in [2.24, 2.45) is 0 Å². The highest BCUT2D eigenvalue weighted by atomic mass is 16.5. The van der Waals surface area contributed by atoms with E-state index in [1.54, 1.807) is 18.2 Å². The fourth-order valence-corrected chi connectivity index (χ4v) is 2.91. The van der Waals surface area contributed by atoms with Crippen LogP contribution in [0, 0.1) is 0 Å². The highest BCUT2D eigenvalue weighted by Gasteiger charge is 2.40. The van der Waals surface area contributed by atoms with Gasteiger partial charge in [0.05, 0.1) is 12.2 Å². The van der Waals surface area contributed by atoms with Gasteiger partial charge in [-0.1, -0.05) is 12.1 Å². The van der Waals surface area contributed by atoms with Crippen LogP contribution in [-0.4, -0.2) is 36.6 Å². The van der Waals surface area contributed by atoms with Crippen molar-refractivity contribution < 1.29 is 19.3 Å². The maximum atomic E-state index is 9.77. The van der Waals surface area contributed by atoms with Gasteiger partial charge >= 0.3 is 0 Å². The Morgan fingerprint density at radius 2 is 1.95 bits per heavy atom. The third-order valence-electron chi connectivity index (χ3n) is 4.01. The van der Waals surface area contributed by atoms with Gasteiger partial charge in [0.15, 0.2) is 11.5 Å². The van der Waals surface area contributed by atoms with Crippen LogP contribution in [0.2, 0.25) is 0 Å². The van der Waals surface area contributed by atoms with Crippen molar-refractivity contribution in [2.75, 3.05) is 19.8 Å². The van der Waals surface area contributed by atoms with E-state index in [0.29, 0.717) is 5.75 Å². The highest BCUT2D eigenvalue weighted by Crippen LogP contribution is 2.37. The number of hydrogen-bond donors (Lipinski definition) is 1. The SMILES string of the molecule is Oc1ccccc1OC1CCOC2(CCOCC2)C1. The van der Waals surface area contributed by atoms with E-state index in [-0.39, 0.29) is 17.5 Å². The highest BCUT2D eigenvalue weighted by molar-refractivity contribution is 5.38. The summed E-state index contributed by atoms with van der Waals surface area (Å²) in [4.78, 5) is 0. The average molecular weight is 264 g/mol. The third-order valence-corrected chi connectivity index (χ3v) is 4.01. The summed E-state index contributed by atoms with van der Waals surface area (Å²) in [5, 5.41) is 9.77. The molecule has 0 radical (unpaired) electrons. The summed E-state index contributed by atoms with van der Waals surface area (Å²) in [5.74, 6) is 0.770. The molecular weight excluding hydrogens is 244 g/mol. The number of para-hydroxylation sites is 2. The number of ether oxygens (including phenoxy) is 3. The second-order valence-electron chi connectivity index (χ2n) is 5.34. The van der Waals surface area contributed by atoms with Crippen molar-refractivity contribution >= 4 is 0 Å². The summed E-state index contributed by atoms with van der Waals surface area (Å²) in [6.07, 6.45) is 3.74. The minimum Gasteiger partial charge on any atom is -0.504 e. The molecule has 1 aromatic rings. The molecule has 1 atom stereocenters. The van der Waals surface area contributed by atoms with Gasteiger partial charge in [-0.25, -0.2) is 0 Å². The summed E-state index contributed by atoms with van der Waals surface area (Å²) < 4.78 is 17.3. The Kier molecular flexibility index (Phi) is 3.62. The standard InChI is InChI=1S/C15H20O4/c16-13-3-1-2-4-14(13)19-12-5-8-18-15(11-12)6-9-17-10-7-15/h1-4,12,16H,5-11H2. The van der Waals surface area contributed by atoms with Crippen molar-refractivity contribution in [3.63, 3.8) is 0 Å². The van der Waals surface area contributed by atoms with Crippen LogP contribution in [0.1, 0.15) is 25.7 Å². The van der Waals surface area contributed by atoms with Crippen molar-refractivity contribution in [2.45, 2.75) is 37.4 Å². The first kappa shape index (κ1) is 12.8. The smallest absolute Gasteiger partial charge is 0.161 e. The largest absolute Gasteiger partial charge is 0.504 e. The summed E-state index contributed by atoms with van der Waals surface area (Å²) in [6, 6.07) is 7.13. The molecule has 3 rings (SSSR count). The van der Waals surface area contributed by atoms with E-state index in [4.69, 9.17) is 14.2 Å². The maximum absolute atomic E-state index is 9.77. The van der Waals surface area contributed by atoms with E-state index in [2.05, 4.69) is 0 Å². The second kappa shape index (κ2) is 5.39. The van der Waals surface area contributed by atoms with E-state index in [9.17, 15) is 5.11 Å². The van der Waals surface area contributed by atoms with Crippen molar-refractivity contribution in [1.82, 2.24) is 0 Å². The molecule has 1 N–H and O–H groups in total. The van der Waals surface area contributed by atoms with Gasteiger partial charge in [0, 0.05) is 26.1 Å². The van der Waals surface area contributed by atoms with Crippen LogP contribution in [0.15, 0.2) is 24.3 Å². The summed E-state index contributed by atoms with van der Waals surface area (Å²) in [7, 11) is 0. The van der Waals surface area contributed by atoms with Gasteiger partial charge in [0.1, 0.15) is 6.10 Å². The molecule has 0 amide bonds. The van der Waals surface area contributed by atoms with Crippen LogP contribution in [-0.2, 0) is 9.47 Å². The Hall–Kier alpha value is -1.26. The Bertz CT molecular complexity index is 420. The number of benzene rings is 1. The minimum atomic E-state index is -0.0778. The summed E-state index contributed by atoms with van der Waals surface area (Å²) >= 11 is 0. The van der Waals surface area contributed by atoms with E-state index < -0.39 is 0 Å². The van der Waals surface area contributed by atoms with Gasteiger partial charge in [-0.3, -0.25) is 0 Å². The molecule has 19 heavy (non-hydrogen) atoms. The van der Waals surface area contributed by atoms with Crippen molar-refractivity contribution in [1.29, 1.82) is 0 Å². The van der Waals surface area contributed by atoms with Crippen LogP contribution in [0.3, 0.4) is 0 Å². The molecule has 2 aliphatic rings. The molecule has 2 aliphatic heterocycles. The molecule has 1 aromatic carbocycles. The average Bonchev–Trinajstić information content (AvgIpc) is 2.42. The van der Waals surface area contributed by atoms with Gasteiger partial charge in [-0.15, -0.1) is 0 Å². The van der Waals surface area contributed by atoms with E-state index in [0.717, 1.165) is 45.5 Å². The zero-order valence-corrected chi connectivity index (χ0v) is 11.0. The number of rotatable bonds is 2.